The van der Waals surface area contributed by atoms with Crippen molar-refractivity contribution in [3.63, 3.8) is 0 Å². The Bertz CT molecular complexity index is 519. The van der Waals surface area contributed by atoms with Crippen molar-refractivity contribution in [1.82, 2.24) is 9.55 Å². The molecule has 5 heteroatoms. The van der Waals surface area contributed by atoms with Gasteiger partial charge in [-0.2, -0.15) is 0 Å². The summed E-state index contributed by atoms with van der Waals surface area (Å²) in [5, 5.41) is 10.1. The first-order valence-electron chi connectivity index (χ1n) is 5.77. The predicted octanol–water partition coefficient (Wildman–Crippen LogP) is 2.65. The normalized spacial score (nSPS) is 12.7. The van der Waals surface area contributed by atoms with Gasteiger partial charge in [-0.1, -0.05) is 6.92 Å². The third kappa shape index (κ3) is 2.56. The van der Waals surface area contributed by atoms with Crippen LogP contribution in [-0.2, 0) is 6.54 Å². The molecule has 0 radical (unpaired) electrons. The molecule has 0 fully saturated rings. The van der Waals surface area contributed by atoms with E-state index in [1.54, 1.807) is 17.0 Å². The third-order valence-corrected chi connectivity index (χ3v) is 2.66. The highest BCUT2D eigenvalue weighted by molar-refractivity contribution is 5.24. The van der Waals surface area contributed by atoms with E-state index in [2.05, 4.69) is 4.98 Å². The molecule has 2 rings (SSSR count). The maximum Gasteiger partial charge on any atom is 0.142 e. The van der Waals surface area contributed by atoms with Gasteiger partial charge in [-0.3, -0.25) is 0 Å². The van der Waals surface area contributed by atoms with Gasteiger partial charge in [0.2, 0.25) is 0 Å². The largest absolute Gasteiger partial charge is 0.380 e. The maximum absolute atomic E-state index is 13.1. The average molecular weight is 252 g/mol. The van der Waals surface area contributed by atoms with Crippen molar-refractivity contribution in [3.8, 4) is 0 Å². The fraction of sp³-hybridized carbons (Fsp3) is 0.308. The maximum atomic E-state index is 13.1. The molecule has 0 saturated heterocycles. The molecule has 0 saturated carbocycles. The number of nitrogens with zero attached hydrogens (tertiary/aromatic N) is 2. The van der Waals surface area contributed by atoms with Gasteiger partial charge in [-0.15, -0.1) is 0 Å². The van der Waals surface area contributed by atoms with Crippen molar-refractivity contribution in [2.75, 3.05) is 0 Å². The minimum atomic E-state index is -1.13. The Morgan fingerprint density at radius 2 is 1.94 bits per heavy atom. The molecule has 1 aromatic carbocycles. The number of hydrogen-bond acceptors (Lipinski definition) is 2. The second kappa shape index (κ2) is 5.27. The van der Waals surface area contributed by atoms with Crippen LogP contribution in [0.4, 0.5) is 8.78 Å². The molecule has 0 bridgehead atoms. The molecule has 1 aromatic heterocycles. The highest BCUT2D eigenvalue weighted by atomic mass is 19.1. The van der Waals surface area contributed by atoms with E-state index in [4.69, 9.17) is 0 Å². The summed E-state index contributed by atoms with van der Waals surface area (Å²) >= 11 is 0. The fourth-order valence-corrected chi connectivity index (χ4v) is 1.88. The van der Waals surface area contributed by atoms with E-state index in [1.807, 2.05) is 6.92 Å². The van der Waals surface area contributed by atoms with Crippen LogP contribution in [0.5, 0.6) is 0 Å². The number of imidazole rings is 1. The highest BCUT2D eigenvalue weighted by Gasteiger charge is 2.17. The first-order valence-corrected chi connectivity index (χ1v) is 5.77. The van der Waals surface area contributed by atoms with Gasteiger partial charge in [0, 0.05) is 25.0 Å². The summed E-state index contributed by atoms with van der Waals surface area (Å²) in [5.74, 6) is -1.03. The third-order valence-electron chi connectivity index (χ3n) is 2.66. The van der Waals surface area contributed by atoms with Crippen molar-refractivity contribution >= 4 is 0 Å². The van der Waals surface area contributed by atoms with Crippen LogP contribution in [0.25, 0.3) is 0 Å². The van der Waals surface area contributed by atoms with Crippen LogP contribution in [0.2, 0.25) is 0 Å². The van der Waals surface area contributed by atoms with Crippen molar-refractivity contribution < 1.29 is 13.9 Å². The molecule has 96 valence electrons. The lowest BCUT2D eigenvalue weighted by atomic mass is 10.1. The number of aliphatic hydroxyl groups excluding tert-OH is 1. The van der Waals surface area contributed by atoms with Gasteiger partial charge in [-0.25, -0.2) is 13.8 Å². The van der Waals surface area contributed by atoms with Gasteiger partial charge in [0.1, 0.15) is 23.6 Å². The van der Waals surface area contributed by atoms with Gasteiger partial charge in [0.05, 0.1) is 0 Å². The molecular weight excluding hydrogens is 238 g/mol. The number of halogens is 2. The summed E-state index contributed by atoms with van der Waals surface area (Å²) in [5.41, 5.74) is 0.163. The molecular formula is C13H14F2N2O. The van der Waals surface area contributed by atoms with Gasteiger partial charge in [0.25, 0.3) is 0 Å². The first kappa shape index (κ1) is 12.7. The van der Waals surface area contributed by atoms with Crippen LogP contribution < -0.4 is 0 Å². The zero-order chi connectivity index (χ0) is 13.1. The van der Waals surface area contributed by atoms with Gasteiger partial charge in [0.15, 0.2) is 0 Å². The topological polar surface area (TPSA) is 38.0 Å². The summed E-state index contributed by atoms with van der Waals surface area (Å²) in [6.45, 7) is 2.70. The van der Waals surface area contributed by atoms with Crippen molar-refractivity contribution in [2.24, 2.45) is 0 Å². The zero-order valence-corrected chi connectivity index (χ0v) is 9.98. The molecule has 0 amide bonds. The molecule has 3 nitrogen and oxygen atoms in total. The minimum Gasteiger partial charge on any atom is -0.380 e. The predicted molar refractivity (Wildman–Crippen MR) is 62.9 cm³/mol. The van der Waals surface area contributed by atoms with E-state index in [9.17, 15) is 13.9 Å². The summed E-state index contributed by atoms with van der Waals surface area (Å²) in [6, 6.07) is 2.99. The lowest BCUT2D eigenvalue weighted by Gasteiger charge is -2.13. The van der Waals surface area contributed by atoms with Crippen LogP contribution >= 0.6 is 0 Å². The summed E-state index contributed by atoms with van der Waals surface area (Å²) < 4.78 is 28.0. The van der Waals surface area contributed by atoms with Crippen LogP contribution in [0.15, 0.2) is 30.6 Å². The second-order valence-electron chi connectivity index (χ2n) is 4.08. The Labute approximate surface area is 104 Å². The van der Waals surface area contributed by atoms with E-state index in [-0.39, 0.29) is 5.56 Å². The average Bonchev–Trinajstić information content (AvgIpc) is 2.75. The van der Waals surface area contributed by atoms with Crippen LogP contribution in [0, 0.1) is 11.6 Å². The number of rotatable bonds is 4. The van der Waals surface area contributed by atoms with E-state index >= 15 is 0 Å². The highest BCUT2D eigenvalue weighted by Crippen LogP contribution is 2.22. The lowest BCUT2D eigenvalue weighted by molar-refractivity contribution is 0.203. The van der Waals surface area contributed by atoms with Gasteiger partial charge < -0.3 is 9.67 Å². The molecule has 1 unspecified atom stereocenters. The summed E-state index contributed by atoms with van der Waals surface area (Å²) in [4.78, 5) is 4.04. The number of aliphatic hydroxyl groups is 1. The Morgan fingerprint density at radius 3 is 2.56 bits per heavy atom. The van der Waals surface area contributed by atoms with Gasteiger partial charge in [-0.05, 0) is 24.1 Å². The molecule has 0 aliphatic rings. The molecule has 0 spiro atoms. The van der Waals surface area contributed by atoms with E-state index in [0.29, 0.717) is 12.4 Å². The lowest BCUT2D eigenvalue weighted by Crippen LogP contribution is -2.10. The SMILES string of the molecule is CCCn1ccnc1C(O)c1cc(F)cc(F)c1. The molecule has 18 heavy (non-hydrogen) atoms. The molecule has 0 aliphatic carbocycles. The number of benzene rings is 1. The summed E-state index contributed by atoms with van der Waals surface area (Å²) in [7, 11) is 0. The van der Waals surface area contributed by atoms with Gasteiger partial charge >= 0.3 is 0 Å². The quantitative estimate of drug-likeness (QED) is 0.908. The Kier molecular flexibility index (Phi) is 3.72. The van der Waals surface area contributed by atoms with E-state index in [1.165, 1.54) is 0 Å². The molecule has 2 aromatic rings. The van der Waals surface area contributed by atoms with Crippen LogP contribution in [0.3, 0.4) is 0 Å². The molecule has 0 aliphatic heterocycles. The van der Waals surface area contributed by atoms with Crippen molar-refractivity contribution in [1.29, 1.82) is 0 Å². The van der Waals surface area contributed by atoms with Crippen LogP contribution in [-0.4, -0.2) is 14.7 Å². The minimum absolute atomic E-state index is 0.163. The zero-order valence-electron chi connectivity index (χ0n) is 9.98. The number of aromatic nitrogens is 2. The van der Waals surface area contributed by atoms with Crippen molar-refractivity contribution in [3.05, 3.63) is 53.6 Å². The fourth-order valence-electron chi connectivity index (χ4n) is 1.88. The second-order valence-corrected chi connectivity index (χ2v) is 4.08. The van der Waals surface area contributed by atoms with E-state index in [0.717, 1.165) is 24.6 Å². The monoisotopic (exact) mass is 252 g/mol. The van der Waals surface area contributed by atoms with Crippen LogP contribution in [0.1, 0.15) is 30.8 Å². The standard InChI is InChI=1S/C13H14F2N2O/c1-2-4-17-5-3-16-13(17)12(18)9-6-10(14)8-11(15)7-9/h3,5-8,12,18H,2,4H2,1H3. The Hall–Kier alpha value is -1.75. The molecule has 1 atom stereocenters. The molecule has 1 heterocycles. The Balaban J connectivity index is 2.34. The molecule has 1 N–H and O–H groups in total. The smallest absolute Gasteiger partial charge is 0.142 e. The van der Waals surface area contributed by atoms with Crippen molar-refractivity contribution in [2.45, 2.75) is 26.0 Å². The summed E-state index contributed by atoms with van der Waals surface area (Å²) in [6.07, 6.45) is 3.05. The van der Waals surface area contributed by atoms with E-state index < -0.39 is 17.7 Å². The Morgan fingerprint density at radius 1 is 1.28 bits per heavy atom. The first-order chi connectivity index (χ1) is 8.61. The number of hydrogen-bond donors (Lipinski definition) is 1. The number of aryl methyl sites for hydroxylation is 1.